The van der Waals surface area contributed by atoms with Gasteiger partial charge in [-0.25, -0.2) is 9.18 Å². The van der Waals surface area contributed by atoms with Crippen molar-refractivity contribution in [2.45, 2.75) is 25.4 Å². The molecule has 3 amide bonds. The molecular formula is C21H21FN4O2. The Labute approximate surface area is 162 Å². The minimum atomic E-state index is -0.676. The average Bonchev–Trinajstić information content (AvgIpc) is 3.00. The predicted octanol–water partition coefficient (Wildman–Crippen LogP) is 3.08. The fraction of sp³-hybridized carbons (Fsp3) is 0.286. The van der Waals surface area contributed by atoms with E-state index in [1.807, 2.05) is 31.2 Å². The molecule has 2 aromatic rings. The van der Waals surface area contributed by atoms with Gasteiger partial charge in [-0.15, -0.1) is 0 Å². The van der Waals surface area contributed by atoms with Gasteiger partial charge in [0.1, 0.15) is 17.2 Å². The number of likely N-dealkylation sites (tertiary alicyclic amines) is 1. The second kappa shape index (κ2) is 7.07. The van der Waals surface area contributed by atoms with Gasteiger partial charge in [0.15, 0.2) is 0 Å². The van der Waals surface area contributed by atoms with Crippen molar-refractivity contribution >= 4 is 23.3 Å². The molecule has 0 bridgehead atoms. The van der Waals surface area contributed by atoms with Gasteiger partial charge in [-0.3, -0.25) is 9.79 Å². The van der Waals surface area contributed by atoms with Crippen LogP contribution in [0.1, 0.15) is 24.0 Å². The molecule has 1 saturated heterocycles. The highest BCUT2D eigenvalue weighted by Crippen LogP contribution is 2.29. The van der Waals surface area contributed by atoms with Crippen LogP contribution in [0.2, 0.25) is 0 Å². The van der Waals surface area contributed by atoms with Crippen LogP contribution in [0.5, 0.6) is 0 Å². The third kappa shape index (κ3) is 3.47. The van der Waals surface area contributed by atoms with Gasteiger partial charge in [0.05, 0.1) is 5.69 Å². The van der Waals surface area contributed by atoms with Crippen molar-refractivity contribution in [1.82, 2.24) is 10.2 Å². The SMILES string of the molecule is Cc1cccc(C2=NC3(CCN(C(=O)Nc4ccccc4F)CC3)NC2=O)c1. The molecule has 2 aliphatic rings. The Kier molecular flexibility index (Phi) is 4.58. The van der Waals surface area contributed by atoms with Gasteiger partial charge in [-0.1, -0.05) is 35.9 Å². The molecule has 0 aromatic heterocycles. The van der Waals surface area contributed by atoms with Crippen LogP contribution in [0.15, 0.2) is 53.5 Å². The summed E-state index contributed by atoms with van der Waals surface area (Å²) < 4.78 is 13.7. The van der Waals surface area contributed by atoms with E-state index in [9.17, 15) is 14.0 Å². The molecule has 6 nitrogen and oxygen atoms in total. The molecule has 4 rings (SSSR count). The van der Waals surface area contributed by atoms with E-state index >= 15 is 0 Å². The summed E-state index contributed by atoms with van der Waals surface area (Å²) in [5.41, 5.74) is 1.78. The van der Waals surface area contributed by atoms with Crippen LogP contribution in [0, 0.1) is 12.7 Å². The lowest BCUT2D eigenvalue weighted by Gasteiger charge is -2.37. The highest BCUT2D eigenvalue weighted by molar-refractivity contribution is 6.46. The number of hydrogen-bond donors (Lipinski definition) is 2. The summed E-state index contributed by atoms with van der Waals surface area (Å²) in [6.07, 6.45) is 1.03. The Morgan fingerprint density at radius 3 is 2.64 bits per heavy atom. The fourth-order valence-electron chi connectivity index (χ4n) is 3.62. The van der Waals surface area contributed by atoms with Gasteiger partial charge in [-0.05, 0) is 25.1 Å². The van der Waals surface area contributed by atoms with E-state index in [0.717, 1.165) is 11.1 Å². The Morgan fingerprint density at radius 2 is 1.93 bits per heavy atom. The monoisotopic (exact) mass is 380 g/mol. The zero-order valence-electron chi connectivity index (χ0n) is 15.5. The Balaban J connectivity index is 1.44. The molecule has 2 aromatic carbocycles. The summed E-state index contributed by atoms with van der Waals surface area (Å²) in [4.78, 5) is 31.2. The lowest BCUT2D eigenvalue weighted by molar-refractivity contribution is -0.115. The molecule has 0 aliphatic carbocycles. The standard InChI is InChI=1S/C21H21FN4O2/c1-14-5-4-6-15(13-14)18-19(27)25-21(24-18)9-11-26(12-10-21)20(28)23-17-8-3-2-7-16(17)22/h2-8,13H,9-12H2,1H3,(H,23,28)(H,25,27). The number of urea groups is 1. The number of aryl methyl sites for hydroxylation is 1. The van der Waals surface area contributed by atoms with E-state index in [0.29, 0.717) is 31.6 Å². The first-order valence-corrected chi connectivity index (χ1v) is 9.26. The van der Waals surface area contributed by atoms with Crippen molar-refractivity contribution in [2.75, 3.05) is 18.4 Å². The largest absolute Gasteiger partial charge is 0.326 e. The lowest BCUT2D eigenvalue weighted by Crippen LogP contribution is -2.53. The molecule has 7 heteroatoms. The number of carbonyl (C=O) groups excluding carboxylic acids is 2. The molecule has 0 atom stereocenters. The van der Waals surface area contributed by atoms with Crippen molar-refractivity contribution in [3.05, 3.63) is 65.5 Å². The van der Waals surface area contributed by atoms with Crippen LogP contribution < -0.4 is 10.6 Å². The van der Waals surface area contributed by atoms with E-state index < -0.39 is 11.5 Å². The van der Waals surface area contributed by atoms with Gasteiger partial charge in [0, 0.05) is 31.5 Å². The molecule has 1 fully saturated rings. The van der Waals surface area contributed by atoms with Crippen LogP contribution in [0.4, 0.5) is 14.9 Å². The number of rotatable bonds is 2. The zero-order valence-corrected chi connectivity index (χ0v) is 15.5. The molecule has 2 heterocycles. The normalized spacial score (nSPS) is 18.0. The van der Waals surface area contributed by atoms with Gasteiger partial charge in [0.2, 0.25) is 0 Å². The third-order valence-corrected chi connectivity index (χ3v) is 5.17. The Morgan fingerprint density at radius 1 is 1.18 bits per heavy atom. The molecule has 2 N–H and O–H groups in total. The summed E-state index contributed by atoms with van der Waals surface area (Å²) in [7, 11) is 0. The molecule has 28 heavy (non-hydrogen) atoms. The van der Waals surface area contributed by atoms with E-state index in [2.05, 4.69) is 10.6 Å². The minimum absolute atomic E-state index is 0.154. The van der Waals surface area contributed by atoms with Gasteiger partial charge in [-0.2, -0.15) is 0 Å². The Bertz CT molecular complexity index is 964. The first-order chi connectivity index (χ1) is 13.5. The predicted molar refractivity (Wildman–Crippen MR) is 105 cm³/mol. The van der Waals surface area contributed by atoms with Crippen molar-refractivity contribution in [3.63, 3.8) is 0 Å². The highest BCUT2D eigenvalue weighted by atomic mass is 19.1. The number of hydrogen-bond acceptors (Lipinski definition) is 3. The number of para-hydroxylation sites is 1. The second-order valence-electron chi connectivity index (χ2n) is 7.21. The zero-order chi connectivity index (χ0) is 19.7. The second-order valence-corrected chi connectivity index (χ2v) is 7.21. The number of carbonyl (C=O) groups is 2. The number of aliphatic imine (C=N–C) groups is 1. The molecule has 1 spiro atoms. The minimum Gasteiger partial charge on any atom is -0.326 e. The molecule has 144 valence electrons. The molecular weight excluding hydrogens is 359 g/mol. The lowest BCUT2D eigenvalue weighted by atomic mass is 9.98. The van der Waals surface area contributed by atoms with Gasteiger partial charge >= 0.3 is 6.03 Å². The summed E-state index contributed by atoms with van der Waals surface area (Å²) in [6.45, 7) is 2.82. The number of benzene rings is 2. The molecule has 2 aliphatic heterocycles. The van der Waals surface area contributed by atoms with Crippen LogP contribution >= 0.6 is 0 Å². The summed E-state index contributed by atoms with van der Waals surface area (Å²) in [6, 6.07) is 13.4. The summed E-state index contributed by atoms with van der Waals surface area (Å²) in [5, 5.41) is 5.59. The first-order valence-electron chi connectivity index (χ1n) is 9.26. The quantitative estimate of drug-likeness (QED) is 0.840. The van der Waals surface area contributed by atoms with Crippen LogP contribution in [0.25, 0.3) is 0 Å². The van der Waals surface area contributed by atoms with Crippen molar-refractivity contribution in [3.8, 4) is 0 Å². The maximum atomic E-state index is 13.7. The Hall–Kier alpha value is -3.22. The average molecular weight is 380 g/mol. The number of anilines is 1. The first kappa shape index (κ1) is 18.2. The topological polar surface area (TPSA) is 73.8 Å². The van der Waals surface area contributed by atoms with Crippen molar-refractivity contribution < 1.29 is 14.0 Å². The number of piperidine rings is 1. The highest BCUT2D eigenvalue weighted by Gasteiger charge is 2.42. The van der Waals surface area contributed by atoms with E-state index in [4.69, 9.17) is 4.99 Å². The van der Waals surface area contributed by atoms with E-state index in [1.165, 1.54) is 12.1 Å². The van der Waals surface area contributed by atoms with Crippen LogP contribution in [0.3, 0.4) is 0 Å². The van der Waals surface area contributed by atoms with Gasteiger partial charge in [0.25, 0.3) is 5.91 Å². The maximum absolute atomic E-state index is 13.7. The molecule has 0 saturated carbocycles. The molecule has 0 radical (unpaired) electrons. The fourth-order valence-corrected chi connectivity index (χ4v) is 3.62. The van der Waals surface area contributed by atoms with E-state index in [-0.39, 0.29) is 17.6 Å². The smallest absolute Gasteiger partial charge is 0.321 e. The van der Waals surface area contributed by atoms with Crippen molar-refractivity contribution in [1.29, 1.82) is 0 Å². The maximum Gasteiger partial charge on any atom is 0.321 e. The number of nitrogens with one attached hydrogen (secondary N) is 2. The molecule has 0 unspecified atom stereocenters. The third-order valence-electron chi connectivity index (χ3n) is 5.17. The van der Waals surface area contributed by atoms with E-state index in [1.54, 1.807) is 17.0 Å². The number of nitrogens with zero attached hydrogens (tertiary/aromatic N) is 2. The number of amides is 3. The summed E-state index contributed by atoms with van der Waals surface area (Å²) >= 11 is 0. The van der Waals surface area contributed by atoms with Crippen LogP contribution in [-0.2, 0) is 4.79 Å². The van der Waals surface area contributed by atoms with Crippen LogP contribution in [-0.4, -0.2) is 41.3 Å². The van der Waals surface area contributed by atoms with Gasteiger partial charge < -0.3 is 15.5 Å². The summed E-state index contributed by atoms with van der Waals surface area (Å²) in [5.74, 6) is -0.658. The van der Waals surface area contributed by atoms with Crippen molar-refractivity contribution in [2.24, 2.45) is 4.99 Å². The number of halogens is 1.